The quantitative estimate of drug-likeness (QED) is 0.0303. The summed E-state index contributed by atoms with van der Waals surface area (Å²) in [5, 5.41) is 43.5. The standard InChI is InChI=1S/C50H83N13O12S3/c1-8-75-22-21-54-42(69)36(27-77-49(2,3)4)62-44(71)33(23-30-15-10-9-11-16-30)60-46(73)35-26-76-29-39(65)57-32(17-12-13-19-51)43(70)63-37(28-78-50(5,6)7)47(74)59-31(18-14-20-55-48(52)53)41(68)56-25-38(64)58-34(24-40(66)67)45(72)61-35/h9-11,15-16,31-37H,8,12-14,17-29,51H2,1-7H3,(H,54,69)(H,56,68)(H,57,65)(H,58,64)(H,59,74)(H,60,73)(H,61,72)(H,62,71)(H,63,70)(H,66,67)(H4,52,53,55)/t31-,32-,33-,34-,35-,36-,37-/m0/s1. The number of hydrogen-bond donors (Lipinski definition) is 14. The Bertz CT molecular complexity index is 2170. The molecule has 0 aliphatic carbocycles. The van der Waals surface area contributed by atoms with Gasteiger partial charge in [-0.2, -0.15) is 23.5 Å². The van der Waals surface area contributed by atoms with Gasteiger partial charge in [-0.15, -0.1) is 11.8 Å². The Hall–Kier alpha value is -5.84. The molecule has 1 aromatic rings. The third-order valence-electron chi connectivity index (χ3n) is 11.1. The maximum Gasteiger partial charge on any atom is 0.305 e. The second-order valence-corrected chi connectivity index (χ2v) is 24.9. The molecular weight excluding hydrogens is 1070 g/mol. The van der Waals surface area contributed by atoms with Crippen LogP contribution in [0.15, 0.2) is 30.3 Å². The number of carbonyl (C=O) groups excluding carboxylic acids is 9. The number of nitrogens with two attached hydrogens (primary N) is 2. The molecule has 0 bridgehead atoms. The van der Waals surface area contributed by atoms with E-state index in [4.69, 9.17) is 21.6 Å². The first-order valence-corrected chi connectivity index (χ1v) is 29.0. The number of hydrogen-bond acceptors (Lipinski definition) is 16. The summed E-state index contributed by atoms with van der Waals surface area (Å²) in [5.74, 6) is -9.85. The lowest BCUT2D eigenvalue weighted by Crippen LogP contribution is -2.60. The van der Waals surface area contributed by atoms with Crippen LogP contribution in [0.3, 0.4) is 0 Å². The summed E-state index contributed by atoms with van der Waals surface area (Å²) in [5.41, 5.74) is 11.8. The molecule has 25 nitrogen and oxygen atoms in total. The van der Waals surface area contributed by atoms with Crippen molar-refractivity contribution in [1.82, 2.24) is 53.2 Å². The number of rotatable bonds is 25. The topological polar surface area (TPSA) is 396 Å². The third kappa shape index (κ3) is 29.2. The van der Waals surface area contributed by atoms with E-state index in [0.717, 1.165) is 11.8 Å². The molecule has 0 aromatic heterocycles. The summed E-state index contributed by atoms with van der Waals surface area (Å²) in [6, 6.07) is -1.01. The number of unbranched alkanes of at least 4 members (excludes halogenated alkanes) is 1. The van der Waals surface area contributed by atoms with Crippen molar-refractivity contribution in [3.63, 3.8) is 0 Å². The molecule has 78 heavy (non-hydrogen) atoms. The molecule has 1 aliphatic rings. The van der Waals surface area contributed by atoms with E-state index in [9.17, 15) is 53.1 Å². The molecule has 0 saturated carbocycles. The first kappa shape index (κ1) is 68.3. The van der Waals surface area contributed by atoms with Crippen LogP contribution in [0.2, 0.25) is 0 Å². The monoisotopic (exact) mass is 1150 g/mol. The zero-order valence-electron chi connectivity index (χ0n) is 45.8. The Morgan fingerprint density at radius 1 is 0.756 bits per heavy atom. The SMILES string of the molecule is CCOCCNC(=O)[C@H](CSC(C)(C)C)NC(=O)[C@H](Cc1ccccc1)NC(=O)[C@@H]1CSCC(=O)N[C@@H](CCCCN)C(=O)N[C@@H](CSC(C)(C)C)C(=O)N[C@@H](CCCNC(=N)N)C(=O)NCC(=O)N[C@@H](CC(=O)O)C(=O)N1. The predicted molar refractivity (Wildman–Crippen MR) is 302 cm³/mol. The fraction of sp³-hybridized carbons (Fsp3) is 0.660. The second-order valence-electron chi connectivity index (χ2n) is 20.2. The van der Waals surface area contributed by atoms with Crippen molar-refractivity contribution in [3.05, 3.63) is 35.9 Å². The van der Waals surface area contributed by atoms with Crippen molar-refractivity contribution < 1.29 is 57.8 Å². The molecule has 1 aromatic carbocycles. The van der Waals surface area contributed by atoms with E-state index < -0.39 is 125 Å². The number of thioether (sulfide) groups is 3. The Kier molecular flexibility index (Phi) is 31.2. The Labute approximate surface area is 469 Å². The fourth-order valence-electron chi connectivity index (χ4n) is 7.13. The Morgan fingerprint density at radius 2 is 1.37 bits per heavy atom. The van der Waals surface area contributed by atoms with Crippen molar-refractivity contribution in [3.8, 4) is 0 Å². The van der Waals surface area contributed by atoms with E-state index in [1.807, 2.05) is 48.5 Å². The summed E-state index contributed by atoms with van der Waals surface area (Å²) in [4.78, 5) is 138. The van der Waals surface area contributed by atoms with Gasteiger partial charge in [0.2, 0.25) is 53.2 Å². The lowest BCUT2D eigenvalue weighted by Gasteiger charge is -2.27. The fourth-order valence-corrected chi connectivity index (χ4v) is 9.79. The minimum absolute atomic E-state index is 0.0352. The number of carboxylic acid groups (broad SMARTS) is 1. The lowest BCUT2D eigenvalue weighted by molar-refractivity contribution is -0.141. The minimum Gasteiger partial charge on any atom is -0.481 e. The van der Waals surface area contributed by atoms with Gasteiger partial charge in [0.1, 0.15) is 42.3 Å². The number of carbonyl (C=O) groups is 10. The van der Waals surface area contributed by atoms with Gasteiger partial charge in [-0.05, 0) is 51.1 Å². The smallest absolute Gasteiger partial charge is 0.305 e. The van der Waals surface area contributed by atoms with Crippen LogP contribution in [0.4, 0.5) is 0 Å². The van der Waals surface area contributed by atoms with Crippen molar-refractivity contribution in [2.24, 2.45) is 11.5 Å². The van der Waals surface area contributed by atoms with Crippen LogP contribution in [0.5, 0.6) is 0 Å². The summed E-state index contributed by atoms with van der Waals surface area (Å²) in [7, 11) is 0. The normalized spacial score (nSPS) is 20.3. The maximum absolute atomic E-state index is 14.6. The lowest BCUT2D eigenvalue weighted by atomic mass is 10.0. The number of benzene rings is 1. The van der Waals surface area contributed by atoms with Gasteiger partial charge in [-0.3, -0.25) is 53.4 Å². The number of carboxylic acids is 1. The van der Waals surface area contributed by atoms with Crippen LogP contribution in [0.25, 0.3) is 0 Å². The van der Waals surface area contributed by atoms with Gasteiger partial charge < -0.3 is 74.5 Å². The predicted octanol–water partition coefficient (Wildman–Crippen LogP) is -1.43. The molecule has 0 unspecified atom stereocenters. The molecule has 9 amide bonds. The summed E-state index contributed by atoms with van der Waals surface area (Å²) >= 11 is 3.61. The van der Waals surface area contributed by atoms with Crippen molar-refractivity contribution in [2.45, 2.75) is 145 Å². The Balaban J connectivity index is 2.68. The van der Waals surface area contributed by atoms with E-state index in [-0.39, 0.29) is 79.9 Å². The zero-order chi connectivity index (χ0) is 58.4. The molecule has 1 aliphatic heterocycles. The summed E-state index contributed by atoms with van der Waals surface area (Å²) in [6.07, 6.45) is 0.0493. The minimum atomic E-state index is -1.84. The van der Waals surface area contributed by atoms with Gasteiger partial charge in [0, 0.05) is 52.9 Å². The second kappa shape index (κ2) is 35.6. The molecule has 1 fully saturated rings. The average molecular weight is 1150 g/mol. The number of nitrogens with one attached hydrogen (secondary N) is 11. The first-order chi connectivity index (χ1) is 36.7. The van der Waals surface area contributed by atoms with Gasteiger partial charge in [-0.25, -0.2) is 0 Å². The highest BCUT2D eigenvalue weighted by Gasteiger charge is 2.35. The number of amides is 9. The van der Waals surface area contributed by atoms with Gasteiger partial charge in [0.05, 0.1) is 25.3 Å². The third-order valence-corrected chi connectivity index (χ3v) is 14.9. The average Bonchev–Trinajstić information content (AvgIpc) is 3.36. The van der Waals surface area contributed by atoms with E-state index in [0.29, 0.717) is 25.0 Å². The van der Waals surface area contributed by atoms with Gasteiger partial charge in [0.15, 0.2) is 5.96 Å². The van der Waals surface area contributed by atoms with Crippen LogP contribution >= 0.6 is 35.3 Å². The molecule has 438 valence electrons. The van der Waals surface area contributed by atoms with E-state index in [1.165, 1.54) is 23.5 Å². The summed E-state index contributed by atoms with van der Waals surface area (Å²) < 4.78 is 4.66. The zero-order valence-corrected chi connectivity index (χ0v) is 48.2. The van der Waals surface area contributed by atoms with E-state index >= 15 is 0 Å². The summed E-state index contributed by atoms with van der Waals surface area (Å²) in [6.45, 7) is 13.8. The molecule has 1 heterocycles. The van der Waals surface area contributed by atoms with Crippen molar-refractivity contribution in [2.75, 3.05) is 62.4 Å². The van der Waals surface area contributed by atoms with Crippen LogP contribution in [-0.4, -0.2) is 184 Å². The van der Waals surface area contributed by atoms with Crippen LogP contribution in [0.1, 0.15) is 92.6 Å². The number of guanidine groups is 1. The molecule has 16 N–H and O–H groups in total. The highest BCUT2D eigenvalue weighted by molar-refractivity contribution is 8.01. The van der Waals surface area contributed by atoms with Crippen LogP contribution < -0.4 is 64.6 Å². The van der Waals surface area contributed by atoms with Gasteiger partial charge >= 0.3 is 5.97 Å². The van der Waals surface area contributed by atoms with Gasteiger partial charge in [0.25, 0.3) is 0 Å². The van der Waals surface area contributed by atoms with Gasteiger partial charge in [-0.1, -0.05) is 71.9 Å². The molecule has 0 radical (unpaired) electrons. The van der Waals surface area contributed by atoms with Crippen molar-refractivity contribution in [1.29, 1.82) is 5.41 Å². The number of ether oxygens (including phenoxy) is 1. The highest BCUT2D eigenvalue weighted by Crippen LogP contribution is 2.25. The highest BCUT2D eigenvalue weighted by atomic mass is 32.2. The molecule has 2 rings (SSSR count). The van der Waals surface area contributed by atoms with Crippen LogP contribution in [0, 0.1) is 5.41 Å². The largest absolute Gasteiger partial charge is 0.481 e. The number of aliphatic carboxylic acids is 1. The molecule has 1 saturated heterocycles. The van der Waals surface area contributed by atoms with E-state index in [2.05, 4.69) is 53.2 Å². The molecular formula is C50H83N13O12S3. The molecule has 0 spiro atoms. The van der Waals surface area contributed by atoms with Crippen molar-refractivity contribution >= 4 is 100 Å². The van der Waals surface area contributed by atoms with Crippen LogP contribution in [-0.2, 0) is 59.1 Å². The molecule has 28 heteroatoms. The molecule has 7 atom stereocenters. The maximum atomic E-state index is 14.6. The van der Waals surface area contributed by atoms with E-state index in [1.54, 1.807) is 30.3 Å². The Morgan fingerprint density at radius 3 is 2.00 bits per heavy atom. The first-order valence-electron chi connectivity index (χ1n) is 25.8.